The number of hydrogen-bond donors (Lipinski definition) is 1. The van der Waals surface area contributed by atoms with E-state index in [4.69, 9.17) is 11.6 Å². The number of nitrogens with zero attached hydrogens (tertiary/aromatic N) is 1. The zero-order chi connectivity index (χ0) is 13.9. The van der Waals surface area contributed by atoms with Gasteiger partial charge in [-0.25, -0.2) is 8.42 Å². The molecule has 0 radical (unpaired) electrons. The molecule has 1 heterocycles. The van der Waals surface area contributed by atoms with Gasteiger partial charge < -0.3 is 5.32 Å². The molecule has 0 aromatic heterocycles. The zero-order valence-corrected chi connectivity index (χ0v) is 12.5. The van der Waals surface area contributed by atoms with Gasteiger partial charge in [0.15, 0.2) is 9.84 Å². The maximum absolute atomic E-state index is 11.5. The molecule has 6 heteroatoms. The third-order valence-corrected chi connectivity index (χ3v) is 5.39. The third kappa shape index (κ3) is 4.37. The van der Waals surface area contributed by atoms with Crippen LogP contribution in [-0.4, -0.2) is 50.5 Å². The zero-order valence-electron chi connectivity index (χ0n) is 11.0. The van der Waals surface area contributed by atoms with Gasteiger partial charge in [-0.3, -0.25) is 4.90 Å². The summed E-state index contributed by atoms with van der Waals surface area (Å²) in [6.45, 7) is 4.21. The van der Waals surface area contributed by atoms with E-state index in [0.717, 1.165) is 18.8 Å². The summed E-state index contributed by atoms with van der Waals surface area (Å²) in [6.07, 6.45) is 0. The molecule has 106 valence electrons. The van der Waals surface area contributed by atoms with Crippen molar-refractivity contribution in [3.63, 3.8) is 0 Å². The van der Waals surface area contributed by atoms with Gasteiger partial charge in [-0.15, -0.1) is 0 Å². The van der Waals surface area contributed by atoms with Crippen LogP contribution in [-0.2, 0) is 9.84 Å². The Hall–Kier alpha value is -0.780. The lowest BCUT2D eigenvalue weighted by Crippen LogP contribution is -2.48. The van der Waals surface area contributed by atoms with Gasteiger partial charge in [-0.2, -0.15) is 0 Å². The number of sulfone groups is 1. The number of rotatable bonds is 4. The summed E-state index contributed by atoms with van der Waals surface area (Å²) in [5, 5.41) is 4.01. The fraction of sp³-hybridized carbons (Fsp3) is 0.538. The van der Waals surface area contributed by atoms with Crippen LogP contribution >= 0.6 is 11.6 Å². The van der Waals surface area contributed by atoms with E-state index in [2.05, 4.69) is 10.2 Å². The molecule has 1 aliphatic rings. The van der Waals surface area contributed by atoms with Crippen LogP contribution in [0.15, 0.2) is 24.3 Å². The van der Waals surface area contributed by atoms with E-state index in [1.165, 1.54) is 0 Å². The maximum atomic E-state index is 11.5. The molecule has 1 aliphatic heterocycles. The monoisotopic (exact) mass is 302 g/mol. The molecule has 0 saturated carbocycles. The fourth-order valence-electron chi connectivity index (χ4n) is 2.31. The molecular formula is C13H19ClN2O2S. The van der Waals surface area contributed by atoms with Crippen molar-refractivity contribution in [2.24, 2.45) is 0 Å². The molecule has 0 aliphatic carbocycles. The third-order valence-electron chi connectivity index (χ3n) is 3.36. The number of nitrogens with one attached hydrogen (secondary N) is 1. The quantitative estimate of drug-likeness (QED) is 0.922. The van der Waals surface area contributed by atoms with Gasteiger partial charge in [-0.05, 0) is 25.1 Å². The Balaban J connectivity index is 1.80. The van der Waals surface area contributed by atoms with Crippen LogP contribution in [0.25, 0.3) is 0 Å². The first kappa shape index (κ1) is 14.6. The highest BCUT2D eigenvalue weighted by atomic mass is 35.5. The molecule has 1 unspecified atom stereocenters. The number of hydrogen-bond acceptors (Lipinski definition) is 4. The second-order valence-electron chi connectivity index (χ2n) is 4.94. The molecule has 1 aromatic rings. The molecule has 0 spiro atoms. The summed E-state index contributed by atoms with van der Waals surface area (Å²) in [6, 6.07) is 7.69. The molecule has 1 saturated heterocycles. The number of benzene rings is 1. The van der Waals surface area contributed by atoms with Crippen molar-refractivity contribution in [2.45, 2.75) is 13.0 Å². The molecule has 1 atom stereocenters. The van der Waals surface area contributed by atoms with E-state index in [9.17, 15) is 8.42 Å². The SMILES string of the molecule is CC1CS(=O)(=O)CCN1CCNc1cccc(Cl)c1. The summed E-state index contributed by atoms with van der Waals surface area (Å²) in [5.74, 6) is 0.540. The standard InChI is InChI=1S/C13H19ClN2O2S/c1-11-10-19(17,18)8-7-16(11)6-5-15-13-4-2-3-12(14)9-13/h2-4,9,11,15H,5-8,10H2,1H3. The van der Waals surface area contributed by atoms with Crippen molar-refractivity contribution in [2.75, 3.05) is 36.5 Å². The minimum Gasteiger partial charge on any atom is -0.384 e. The highest BCUT2D eigenvalue weighted by molar-refractivity contribution is 7.91. The van der Waals surface area contributed by atoms with Crippen LogP contribution < -0.4 is 5.32 Å². The van der Waals surface area contributed by atoms with Crippen LogP contribution in [0, 0.1) is 0 Å². The Morgan fingerprint density at radius 1 is 1.47 bits per heavy atom. The Bertz CT molecular complexity index is 533. The molecular weight excluding hydrogens is 284 g/mol. The highest BCUT2D eigenvalue weighted by Gasteiger charge is 2.27. The average molecular weight is 303 g/mol. The van der Waals surface area contributed by atoms with Crippen molar-refractivity contribution in [3.05, 3.63) is 29.3 Å². The van der Waals surface area contributed by atoms with Gasteiger partial charge in [0.1, 0.15) is 0 Å². The molecule has 19 heavy (non-hydrogen) atoms. The van der Waals surface area contributed by atoms with E-state index in [-0.39, 0.29) is 17.5 Å². The molecule has 0 amide bonds. The summed E-state index contributed by atoms with van der Waals surface area (Å²) in [5.41, 5.74) is 0.991. The predicted octanol–water partition coefficient (Wildman–Crippen LogP) is 1.87. The van der Waals surface area contributed by atoms with Gasteiger partial charge in [0, 0.05) is 36.4 Å². The second kappa shape index (κ2) is 6.11. The highest BCUT2D eigenvalue weighted by Crippen LogP contribution is 2.15. The molecule has 1 N–H and O–H groups in total. The molecule has 1 fully saturated rings. The Morgan fingerprint density at radius 3 is 2.95 bits per heavy atom. The fourth-order valence-corrected chi connectivity index (χ4v) is 4.12. The van der Waals surface area contributed by atoms with Crippen LogP contribution in [0.4, 0.5) is 5.69 Å². The lowest BCUT2D eigenvalue weighted by atomic mass is 10.3. The van der Waals surface area contributed by atoms with Gasteiger partial charge in [0.25, 0.3) is 0 Å². The van der Waals surface area contributed by atoms with Crippen molar-refractivity contribution in [1.29, 1.82) is 0 Å². The molecule has 2 rings (SSSR count). The van der Waals surface area contributed by atoms with E-state index in [1.807, 2.05) is 31.2 Å². The minimum absolute atomic E-state index is 0.0971. The van der Waals surface area contributed by atoms with Crippen LogP contribution in [0.5, 0.6) is 0 Å². The summed E-state index contributed by atoms with van der Waals surface area (Å²) < 4.78 is 23.0. The van der Waals surface area contributed by atoms with Crippen molar-refractivity contribution >= 4 is 27.1 Å². The first-order valence-corrected chi connectivity index (χ1v) is 8.60. The minimum atomic E-state index is -2.83. The molecule has 0 bridgehead atoms. The number of anilines is 1. The predicted molar refractivity (Wildman–Crippen MR) is 79.6 cm³/mol. The van der Waals surface area contributed by atoms with Gasteiger partial charge >= 0.3 is 0 Å². The topological polar surface area (TPSA) is 49.4 Å². The van der Waals surface area contributed by atoms with Crippen molar-refractivity contribution < 1.29 is 8.42 Å². The maximum Gasteiger partial charge on any atom is 0.153 e. The van der Waals surface area contributed by atoms with E-state index in [1.54, 1.807) is 0 Å². The van der Waals surface area contributed by atoms with Gasteiger partial charge in [0.2, 0.25) is 0 Å². The largest absolute Gasteiger partial charge is 0.384 e. The van der Waals surface area contributed by atoms with Crippen LogP contribution in [0.3, 0.4) is 0 Å². The lowest BCUT2D eigenvalue weighted by molar-refractivity contribution is 0.235. The lowest BCUT2D eigenvalue weighted by Gasteiger charge is -2.33. The van der Waals surface area contributed by atoms with E-state index >= 15 is 0 Å². The van der Waals surface area contributed by atoms with Gasteiger partial charge in [-0.1, -0.05) is 17.7 Å². The Labute approximate surface area is 119 Å². The van der Waals surface area contributed by atoms with Crippen LogP contribution in [0.2, 0.25) is 5.02 Å². The van der Waals surface area contributed by atoms with Crippen molar-refractivity contribution in [1.82, 2.24) is 4.90 Å². The number of halogens is 1. The summed E-state index contributed by atoms with van der Waals surface area (Å²) in [4.78, 5) is 2.21. The second-order valence-corrected chi connectivity index (χ2v) is 7.60. The first-order chi connectivity index (χ1) is 8.96. The molecule has 1 aromatic carbocycles. The smallest absolute Gasteiger partial charge is 0.153 e. The summed E-state index contributed by atoms with van der Waals surface area (Å²) in [7, 11) is -2.83. The normalized spacial score (nSPS) is 23.2. The van der Waals surface area contributed by atoms with E-state index < -0.39 is 9.84 Å². The van der Waals surface area contributed by atoms with E-state index in [0.29, 0.717) is 11.6 Å². The van der Waals surface area contributed by atoms with Crippen molar-refractivity contribution in [3.8, 4) is 0 Å². The van der Waals surface area contributed by atoms with Gasteiger partial charge in [0.05, 0.1) is 11.5 Å². The molecule has 4 nitrogen and oxygen atoms in total. The van der Waals surface area contributed by atoms with Crippen LogP contribution in [0.1, 0.15) is 6.92 Å². The first-order valence-electron chi connectivity index (χ1n) is 6.40. The Morgan fingerprint density at radius 2 is 2.26 bits per heavy atom. The summed E-state index contributed by atoms with van der Waals surface area (Å²) >= 11 is 5.91. The Kier molecular flexibility index (Phi) is 4.71. The average Bonchev–Trinajstić information content (AvgIpc) is 2.31.